The van der Waals surface area contributed by atoms with Crippen LogP contribution in [-0.4, -0.2) is 86.5 Å². The minimum Gasteiger partial charge on any atom is -0.460 e. The Labute approximate surface area is 264 Å². The number of hydrogen-bond acceptors (Lipinski definition) is 10. The second-order valence-electron chi connectivity index (χ2n) is 12.6. The zero-order valence-corrected chi connectivity index (χ0v) is 27.0. The Balaban J connectivity index is 1.62. The molecule has 2 heterocycles. The Bertz CT molecular complexity index is 1320. The van der Waals surface area contributed by atoms with E-state index in [9.17, 15) is 24.0 Å². The van der Waals surface area contributed by atoms with Gasteiger partial charge in [-0.25, -0.2) is 0 Å². The van der Waals surface area contributed by atoms with Gasteiger partial charge < -0.3 is 25.6 Å². The molecule has 3 amide bonds. The largest absolute Gasteiger partial charge is 0.460 e. The molecule has 3 rings (SSSR count). The van der Waals surface area contributed by atoms with Crippen molar-refractivity contribution in [3.63, 3.8) is 0 Å². The molecule has 0 spiro atoms. The van der Waals surface area contributed by atoms with Crippen LogP contribution in [0.15, 0.2) is 30.3 Å². The van der Waals surface area contributed by atoms with Crippen molar-refractivity contribution in [2.45, 2.75) is 104 Å². The van der Waals surface area contributed by atoms with Crippen molar-refractivity contribution in [2.75, 3.05) is 18.0 Å². The molecule has 0 radical (unpaired) electrons. The number of aromatic nitrogens is 4. The van der Waals surface area contributed by atoms with E-state index < -0.39 is 53.7 Å². The van der Waals surface area contributed by atoms with E-state index in [1.165, 1.54) is 6.92 Å². The van der Waals surface area contributed by atoms with Crippen LogP contribution in [0, 0.1) is 5.92 Å². The number of carbonyl (C=O) groups excluding carboxylic acids is 5. The van der Waals surface area contributed by atoms with Crippen LogP contribution in [0.4, 0.5) is 5.95 Å². The number of ketones is 1. The van der Waals surface area contributed by atoms with Crippen molar-refractivity contribution < 1.29 is 28.7 Å². The normalized spacial score (nSPS) is 15.2. The summed E-state index contributed by atoms with van der Waals surface area (Å²) in [7, 11) is 0. The first-order chi connectivity index (χ1) is 21.2. The van der Waals surface area contributed by atoms with E-state index in [1.54, 1.807) is 34.6 Å². The molecule has 0 aliphatic carbocycles. The van der Waals surface area contributed by atoms with Gasteiger partial charge in [0.25, 0.3) is 5.95 Å². The number of nitrogens with one attached hydrogen (secondary N) is 3. The summed E-state index contributed by atoms with van der Waals surface area (Å²) in [6.07, 6.45) is 2.33. The topological polar surface area (TPSA) is 178 Å². The number of esters is 1. The summed E-state index contributed by atoms with van der Waals surface area (Å²) in [5.41, 5.74) is 0.205. The van der Waals surface area contributed by atoms with E-state index in [2.05, 4.69) is 31.4 Å². The van der Waals surface area contributed by atoms with Gasteiger partial charge in [0.05, 0.1) is 6.42 Å². The molecule has 1 saturated heterocycles. The summed E-state index contributed by atoms with van der Waals surface area (Å²) in [5.74, 6) is -2.59. The Morgan fingerprint density at radius 2 is 1.60 bits per heavy atom. The van der Waals surface area contributed by atoms with Crippen LogP contribution in [0.25, 0.3) is 0 Å². The zero-order valence-electron chi connectivity index (χ0n) is 27.0. The standard InChI is InChI=1S/C31H46N8O6/c1-20(2)27(34-25(41)15-14-22-12-8-7-9-13-22)29(44)32-21(3)28(43)33-23(18-26(42)45-31(4,5)6)24(40)19-39-36-30(35-37-39)38-16-10-11-17-38/h7-9,12-13,20-21,23,27H,10-11,14-19H2,1-6H3,(H,32,44)(H,33,43)(H,34,41)/t21-,23?,27-/m0/s1. The van der Waals surface area contributed by atoms with Crippen LogP contribution in [0.5, 0.6) is 0 Å². The molecule has 1 aliphatic heterocycles. The summed E-state index contributed by atoms with van der Waals surface area (Å²) in [6, 6.07) is 6.30. The monoisotopic (exact) mass is 626 g/mol. The number of hydrogen-bond donors (Lipinski definition) is 3. The van der Waals surface area contributed by atoms with Crippen LogP contribution in [-0.2, 0) is 41.7 Å². The molecule has 2 aromatic rings. The number of nitrogens with zero attached hydrogens (tertiary/aromatic N) is 5. The molecule has 14 nitrogen and oxygen atoms in total. The third-order valence-electron chi connectivity index (χ3n) is 7.13. The van der Waals surface area contributed by atoms with E-state index in [0.29, 0.717) is 12.4 Å². The van der Waals surface area contributed by atoms with Gasteiger partial charge in [0.15, 0.2) is 5.78 Å². The number of rotatable bonds is 15. The Morgan fingerprint density at radius 1 is 0.933 bits per heavy atom. The molecule has 1 fully saturated rings. The summed E-state index contributed by atoms with van der Waals surface area (Å²) >= 11 is 0. The average molecular weight is 627 g/mol. The molecule has 1 unspecified atom stereocenters. The van der Waals surface area contributed by atoms with Gasteiger partial charge in [-0.15, -0.1) is 5.10 Å². The molecule has 14 heteroatoms. The van der Waals surface area contributed by atoms with Crippen molar-refractivity contribution in [1.82, 2.24) is 36.2 Å². The number of anilines is 1. The lowest BCUT2D eigenvalue weighted by atomic mass is 10.0. The summed E-state index contributed by atoms with van der Waals surface area (Å²) in [4.78, 5) is 68.0. The predicted molar refractivity (Wildman–Crippen MR) is 166 cm³/mol. The average Bonchev–Trinajstić information content (AvgIpc) is 3.66. The van der Waals surface area contributed by atoms with Crippen molar-refractivity contribution in [3.05, 3.63) is 35.9 Å². The predicted octanol–water partition coefficient (Wildman–Crippen LogP) is 1.34. The summed E-state index contributed by atoms with van der Waals surface area (Å²) in [6.45, 7) is 11.4. The molecule has 45 heavy (non-hydrogen) atoms. The lowest BCUT2D eigenvalue weighted by molar-refractivity contribution is -0.156. The molecule has 1 aromatic carbocycles. The Morgan fingerprint density at radius 3 is 2.22 bits per heavy atom. The lowest BCUT2D eigenvalue weighted by Gasteiger charge is -2.25. The summed E-state index contributed by atoms with van der Waals surface area (Å²) in [5, 5.41) is 20.2. The second kappa shape index (κ2) is 16.1. The van der Waals surface area contributed by atoms with Gasteiger partial charge in [0, 0.05) is 19.5 Å². The number of tetrazole rings is 1. The second-order valence-corrected chi connectivity index (χ2v) is 12.6. The van der Waals surface area contributed by atoms with E-state index in [-0.39, 0.29) is 24.8 Å². The fraction of sp³-hybridized carbons (Fsp3) is 0.613. The number of amides is 3. The van der Waals surface area contributed by atoms with E-state index in [0.717, 1.165) is 36.3 Å². The summed E-state index contributed by atoms with van der Waals surface area (Å²) < 4.78 is 5.38. The SMILES string of the molecule is CC(C)[C@H](NC(=O)CCc1ccccc1)C(=O)N[C@@H](C)C(=O)NC(CC(=O)OC(C)(C)C)C(=O)Cn1nnc(N2CCCC2)n1. The first-order valence-electron chi connectivity index (χ1n) is 15.4. The van der Waals surface area contributed by atoms with Gasteiger partial charge in [0.1, 0.15) is 30.3 Å². The third-order valence-corrected chi connectivity index (χ3v) is 7.13. The number of aryl methyl sites for hydroxylation is 1. The van der Waals surface area contributed by atoms with Gasteiger partial charge in [-0.2, -0.15) is 4.80 Å². The van der Waals surface area contributed by atoms with Gasteiger partial charge in [-0.05, 0) is 63.7 Å². The van der Waals surface area contributed by atoms with Crippen LogP contribution >= 0.6 is 0 Å². The number of Topliss-reactive ketones (excluding diaryl/α,β-unsaturated/α-hetero) is 1. The van der Waals surface area contributed by atoms with Crippen LogP contribution in [0.1, 0.15) is 72.8 Å². The first-order valence-corrected chi connectivity index (χ1v) is 15.4. The maximum Gasteiger partial charge on any atom is 0.308 e. The number of ether oxygens (including phenoxy) is 1. The molecule has 1 aliphatic rings. The minimum atomic E-state index is -1.27. The number of carbonyl (C=O) groups is 5. The van der Waals surface area contributed by atoms with Gasteiger partial charge in [0.2, 0.25) is 17.7 Å². The van der Waals surface area contributed by atoms with Gasteiger partial charge in [-0.3, -0.25) is 24.0 Å². The maximum absolute atomic E-state index is 13.3. The van der Waals surface area contributed by atoms with E-state index in [1.807, 2.05) is 35.2 Å². The van der Waals surface area contributed by atoms with Crippen molar-refractivity contribution in [2.24, 2.45) is 5.92 Å². The van der Waals surface area contributed by atoms with Crippen LogP contribution in [0.3, 0.4) is 0 Å². The molecule has 0 bridgehead atoms. The quantitative estimate of drug-likeness (QED) is 0.244. The molecule has 246 valence electrons. The zero-order chi connectivity index (χ0) is 33.1. The fourth-order valence-electron chi connectivity index (χ4n) is 4.74. The highest BCUT2D eigenvalue weighted by atomic mass is 16.6. The molecule has 1 aromatic heterocycles. The fourth-order valence-corrected chi connectivity index (χ4v) is 4.74. The first kappa shape index (κ1) is 35.1. The molecular formula is C31H46N8O6. The third kappa shape index (κ3) is 11.6. The molecule has 3 N–H and O–H groups in total. The smallest absolute Gasteiger partial charge is 0.308 e. The minimum absolute atomic E-state index is 0.200. The molecule has 3 atom stereocenters. The van der Waals surface area contributed by atoms with E-state index >= 15 is 0 Å². The van der Waals surface area contributed by atoms with Crippen LogP contribution in [0.2, 0.25) is 0 Å². The highest BCUT2D eigenvalue weighted by Crippen LogP contribution is 2.14. The Kier molecular flexibility index (Phi) is 12.6. The Hall–Kier alpha value is -4.36. The lowest BCUT2D eigenvalue weighted by Crippen LogP contribution is -2.56. The molecule has 0 saturated carbocycles. The highest BCUT2D eigenvalue weighted by Gasteiger charge is 2.31. The van der Waals surface area contributed by atoms with Gasteiger partial charge in [-0.1, -0.05) is 49.3 Å². The molecular weight excluding hydrogens is 580 g/mol. The van der Waals surface area contributed by atoms with Crippen molar-refractivity contribution >= 4 is 35.4 Å². The number of benzene rings is 1. The van der Waals surface area contributed by atoms with Crippen molar-refractivity contribution in [1.29, 1.82) is 0 Å². The highest BCUT2D eigenvalue weighted by molar-refractivity contribution is 5.95. The maximum atomic E-state index is 13.3. The van der Waals surface area contributed by atoms with Gasteiger partial charge >= 0.3 is 5.97 Å². The van der Waals surface area contributed by atoms with E-state index in [4.69, 9.17) is 4.74 Å². The van der Waals surface area contributed by atoms with Crippen LogP contribution < -0.4 is 20.9 Å². The van der Waals surface area contributed by atoms with Crippen molar-refractivity contribution in [3.8, 4) is 0 Å².